The minimum Gasteiger partial charge on any atom is -0.372 e. The van der Waals surface area contributed by atoms with Crippen LogP contribution >= 0.6 is 0 Å². The lowest BCUT2D eigenvalue weighted by atomic mass is 10.1. The molecule has 1 aliphatic heterocycles. The predicted octanol–water partition coefficient (Wildman–Crippen LogP) is 4.80. The van der Waals surface area contributed by atoms with Crippen molar-refractivity contribution in [2.24, 2.45) is 0 Å². The highest BCUT2D eigenvalue weighted by Crippen LogP contribution is 2.24. The lowest BCUT2D eigenvalue weighted by Gasteiger charge is -2.37. The SMILES string of the molecule is CC.CC.Cc1ccc(N2CC(C)OC(C)C2)c(F)c1. The molecule has 20 heavy (non-hydrogen) atoms. The van der Waals surface area contributed by atoms with E-state index in [1.807, 2.05) is 60.6 Å². The highest BCUT2D eigenvalue weighted by atomic mass is 19.1. The summed E-state index contributed by atoms with van der Waals surface area (Å²) in [5.74, 6) is -0.138. The van der Waals surface area contributed by atoms with Crippen LogP contribution in [0, 0.1) is 12.7 Å². The largest absolute Gasteiger partial charge is 0.372 e. The quantitative estimate of drug-likeness (QED) is 0.734. The van der Waals surface area contributed by atoms with Crippen LogP contribution in [0.25, 0.3) is 0 Å². The van der Waals surface area contributed by atoms with E-state index in [4.69, 9.17) is 4.74 Å². The van der Waals surface area contributed by atoms with E-state index < -0.39 is 0 Å². The van der Waals surface area contributed by atoms with Crippen molar-refractivity contribution in [2.45, 2.75) is 60.7 Å². The average Bonchev–Trinajstić information content (AvgIpc) is 2.42. The van der Waals surface area contributed by atoms with Crippen LogP contribution in [0.4, 0.5) is 10.1 Å². The first-order valence-electron chi connectivity index (χ1n) is 7.73. The van der Waals surface area contributed by atoms with Gasteiger partial charge in [-0.3, -0.25) is 0 Å². The average molecular weight is 283 g/mol. The maximum atomic E-state index is 13.8. The van der Waals surface area contributed by atoms with Gasteiger partial charge in [-0.15, -0.1) is 0 Å². The molecular formula is C17H30FNO. The first-order chi connectivity index (χ1) is 9.56. The molecule has 3 heteroatoms. The molecule has 1 aliphatic rings. The van der Waals surface area contributed by atoms with Crippen molar-refractivity contribution < 1.29 is 9.13 Å². The topological polar surface area (TPSA) is 12.5 Å². The van der Waals surface area contributed by atoms with E-state index in [1.54, 1.807) is 6.07 Å². The van der Waals surface area contributed by atoms with E-state index in [0.717, 1.165) is 18.7 Å². The second kappa shape index (κ2) is 9.76. The molecule has 0 N–H and O–H groups in total. The molecule has 116 valence electrons. The summed E-state index contributed by atoms with van der Waals surface area (Å²) in [5.41, 5.74) is 1.64. The molecular weight excluding hydrogens is 253 g/mol. The Morgan fingerprint density at radius 3 is 2.00 bits per heavy atom. The van der Waals surface area contributed by atoms with Gasteiger partial charge in [0.15, 0.2) is 0 Å². The Hall–Kier alpha value is -1.09. The number of benzene rings is 1. The molecule has 0 aliphatic carbocycles. The van der Waals surface area contributed by atoms with Gasteiger partial charge in [0.2, 0.25) is 0 Å². The molecule has 2 nitrogen and oxygen atoms in total. The Morgan fingerprint density at radius 1 is 1.05 bits per heavy atom. The fourth-order valence-electron chi connectivity index (χ4n) is 2.24. The summed E-state index contributed by atoms with van der Waals surface area (Å²) < 4.78 is 19.4. The summed E-state index contributed by atoms with van der Waals surface area (Å²) in [6.07, 6.45) is 0.314. The predicted molar refractivity (Wildman–Crippen MR) is 86.1 cm³/mol. The van der Waals surface area contributed by atoms with E-state index in [2.05, 4.69) is 4.90 Å². The maximum absolute atomic E-state index is 13.8. The maximum Gasteiger partial charge on any atom is 0.146 e. The van der Waals surface area contributed by atoms with Crippen LogP contribution in [0.2, 0.25) is 0 Å². The summed E-state index contributed by atoms with van der Waals surface area (Å²) in [4.78, 5) is 2.06. The molecule has 0 aromatic heterocycles. The lowest BCUT2D eigenvalue weighted by Crippen LogP contribution is -2.45. The Morgan fingerprint density at radius 2 is 1.55 bits per heavy atom. The van der Waals surface area contributed by atoms with Gasteiger partial charge < -0.3 is 9.64 Å². The zero-order valence-corrected chi connectivity index (χ0v) is 14.0. The van der Waals surface area contributed by atoms with Crippen molar-refractivity contribution in [3.63, 3.8) is 0 Å². The summed E-state index contributed by atoms with van der Waals surface area (Å²) in [7, 11) is 0. The van der Waals surface area contributed by atoms with Gasteiger partial charge in [-0.2, -0.15) is 0 Å². The fourth-order valence-corrected chi connectivity index (χ4v) is 2.24. The molecule has 0 amide bonds. The minimum atomic E-state index is -0.138. The van der Waals surface area contributed by atoms with E-state index in [0.29, 0.717) is 5.69 Å². The number of aryl methyl sites for hydroxylation is 1. The van der Waals surface area contributed by atoms with Crippen LogP contribution in [0.15, 0.2) is 18.2 Å². The first kappa shape index (κ1) is 18.9. The van der Waals surface area contributed by atoms with Gasteiger partial charge >= 0.3 is 0 Å². The van der Waals surface area contributed by atoms with Crippen molar-refractivity contribution in [1.29, 1.82) is 0 Å². The third-order valence-electron chi connectivity index (χ3n) is 2.86. The summed E-state index contributed by atoms with van der Waals surface area (Å²) in [6.45, 7) is 15.5. The van der Waals surface area contributed by atoms with Gasteiger partial charge in [0, 0.05) is 13.1 Å². The number of rotatable bonds is 1. The molecule has 2 unspecified atom stereocenters. The lowest BCUT2D eigenvalue weighted by molar-refractivity contribution is -0.00539. The van der Waals surface area contributed by atoms with Gasteiger partial charge in [-0.25, -0.2) is 4.39 Å². The smallest absolute Gasteiger partial charge is 0.146 e. The van der Waals surface area contributed by atoms with Crippen LogP contribution in [0.1, 0.15) is 47.1 Å². The van der Waals surface area contributed by atoms with E-state index >= 15 is 0 Å². The summed E-state index contributed by atoms with van der Waals surface area (Å²) in [6, 6.07) is 5.39. The third-order valence-corrected chi connectivity index (χ3v) is 2.86. The van der Waals surface area contributed by atoms with Crippen LogP contribution in [0.3, 0.4) is 0 Å². The van der Waals surface area contributed by atoms with Crippen molar-refractivity contribution in [2.75, 3.05) is 18.0 Å². The normalized spacial score (nSPS) is 21.3. The van der Waals surface area contributed by atoms with Crippen LogP contribution in [-0.2, 0) is 4.74 Å². The van der Waals surface area contributed by atoms with Gasteiger partial charge in [0.25, 0.3) is 0 Å². The molecule has 0 radical (unpaired) electrons. The second-order valence-electron chi connectivity index (χ2n) is 4.62. The number of ether oxygens (including phenoxy) is 1. The minimum absolute atomic E-state index is 0.138. The van der Waals surface area contributed by atoms with Gasteiger partial charge in [-0.05, 0) is 38.5 Å². The summed E-state index contributed by atoms with van der Waals surface area (Å²) >= 11 is 0. The van der Waals surface area contributed by atoms with Crippen LogP contribution in [-0.4, -0.2) is 25.3 Å². The third kappa shape index (κ3) is 5.49. The van der Waals surface area contributed by atoms with Crippen LogP contribution < -0.4 is 4.90 Å². The monoisotopic (exact) mass is 283 g/mol. The number of morpholine rings is 1. The van der Waals surface area contributed by atoms with E-state index in [9.17, 15) is 4.39 Å². The number of hydrogen-bond donors (Lipinski definition) is 0. The number of nitrogens with zero attached hydrogens (tertiary/aromatic N) is 1. The zero-order valence-electron chi connectivity index (χ0n) is 14.0. The molecule has 0 bridgehead atoms. The van der Waals surface area contributed by atoms with Crippen molar-refractivity contribution in [3.05, 3.63) is 29.6 Å². The number of halogens is 1. The molecule has 1 aromatic carbocycles. The molecule has 2 rings (SSSR count). The Bertz CT molecular complexity index is 371. The van der Waals surface area contributed by atoms with Crippen LogP contribution in [0.5, 0.6) is 0 Å². The van der Waals surface area contributed by atoms with Gasteiger partial charge in [0.1, 0.15) is 5.82 Å². The Kier molecular flexibility index (Phi) is 9.23. The van der Waals surface area contributed by atoms with Crippen molar-refractivity contribution >= 4 is 5.69 Å². The standard InChI is InChI=1S/C13H18FNO.2C2H6/c1-9-4-5-13(12(14)6-9)15-7-10(2)16-11(3)8-15;2*1-2/h4-6,10-11H,7-8H2,1-3H3;2*1-2H3. The fraction of sp³-hybridized carbons (Fsp3) is 0.647. The van der Waals surface area contributed by atoms with Crippen molar-refractivity contribution in [1.82, 2.24) is 0 Å². The highest BCUT2D eigenvalue weighted by Gasteiger charge is 2.23. The molecule has 0 spiro atoms. The van der Waals surface area contributed by atoms with E-state index in [-0.39, 0.29) is 18.0 Å². The first-order valence-corrected chi connectivity index (χ1v) is 7.73. The van der Waals surface area contributed by atoms with Gasteiger partial charge in [0.05, 0.1) is 17.9 Å². The number of anilines is 1. The molecule has 1 saturated heterocycles. The number of hydrogen-bond acceptors (Lipinski definition) is 2. The molecule has 1 heterocycles. The van der Waals surface area contributed by atoms with Gasteiger partial charge in [-0.1, -0.05) is 33.8 Å². The second-order valence-corrected chi connectivity index (χ2v) is 4.62. The molecule has 0 saturated carbocycles. The Labute approximate surface area is 123 Å². The highest BCUT2D eigenvalue weighted by molar-refractivity contribution is 5.49. The Balaban J connectivity index is 0.000000829. The van der Waals surface area contributed by atoms with Crippen molar-refractivity contribution in [3.8, 4) is 0 Å². The summed E-state index contributed by atoms with van der Waals surface area (Å²) in [5, 5.41) is 0. The molecule has 1 fully saturated rings. The molecule has 1 aromatic rings. The van der Waals surface area contributed by atoms with E-state index in [1.165, 1.54) is 0 Å². The molecule has 2 atom stereocenters. The zero-order chi connectivity index (χ0) is 15.7.